The molecule has 0 amide bonds. The fourth-order valence-corrected chi connectivity index (χ4v) is 2.96. The Kier molecular flexibility index (Phi) is 4.76. The highest BCUT2D eigenvalue weighted by Gasteiger charge is 2.30. The molecule has 16 heavy (non-hydrogen) atoms. The maximum Gasteiger partial charge on any atom is 0.123 e. The van der Waals surface area contributed by atoms with Gasteiger partial charge in [0, 0.05) is 5.92 Å². The molecule has 1 nitrogen and oxygen atoms in total. The Morgan fingerprint density at radius 2 is 2.00 bits per heavy atom. The summed E-state index contributed by atoms with van der Waals surface area (Å²) >= 11 is 0. The van der Waals surface area contributed by atoms with E-state index in [0.717, 1.165) is 30.5 Å². The van der Waals surface area contributed by atoms with Crippen molar-refractivity contribution in [1.82, 2.24) is 0 Å². The van der Waals surface area contributed by atoms with Crippen molar-refractivity contribution in [3.63, 3.8) is 0 Å². The van der Waals surface area contributed by atoms with Crippen molar-refractivity contribution >= 4 is 6.29 Å². The highest BCUT2D eigenvalue weighted by atomic mass is 16.1. The van der Waals surface area contributed by atoms with E-state index in [-0.39, 0.29) is 5.92 Å². The summed E-state index contributed by atoms with van der Waals surface area (Å²) in [7, 11) is 0. The third-order valence-corrected chi connectivity index (χ3v) is 4.35. The maximum atomic E-state index is 10.7. The second-order valence-corrected chi connectivity index (χ2v) is 5.89. The molecule has 0 aromatic carbocycles. The van der Waals surface area contributed by atoms with Crippen LogP contribution in [-0.2, 0) is 4.79 Å². The van der Waals surface area contributed by atoms with Gasteiger partial charge in [0.2, 0.25) is 0 Å². The molecule has 0 spiro atoms. The molecule has 0 N–H and O–H groups in total. The topological polar surface area (TPSA) is 17.1 Å². The lowest BCUT2D eigenvalue weighted by atomic mass is 9.68. The van der Waals surface area contributed by atoms with Gasteiger partial charge < -0.3 is 4.79 Å². The van der Waals surface area contributed by atoms with Crippen LogP contribution in [0.15, 0.2) is 11.6 Å². The first-order valence-corrected chi connectivity index (χ1v) is 6.61. The number of hydrogen-bond donors (Lipinski definition) is 0. The van der Waals surface area contributed by atoms with Crippen LogP contribution in [0.2, 0.25) is 0 Å². The zero-order chi connectivity index (χ0) is 12.3. The van der Waals surface area contributed by atoms with Crippen molar-refractivity contribution in [3.05, 3.63) is 11.6 Å². The Morgan fingerprint density at radius 3 is 2.50 bits per heavy atom. The minimum atomic E-state index is 0.177. The fourth-order valence-electron chi connectivity index (χ4n) is 2.96. The summed E-state index contributed by atoms with van der Waals surface area (Å²) in [4.78, 5) is 10.7. The van der Waals surface area contributed by atoms with Crippen molar-refractivity contribution in [1.29, 1.82) is 0 Å². The van der Waals surface area contributed by atoms with Gasteiger partial charge in [-0.3, -0.25) is 0 Å². The Bertz CT molecular complexity index is 265. The van der Waals surface area contributed by atoms with Crippen LogP contribution in [-0.4, -0.2) is 6.29 Å². The quantitative estimate of drug-likeness (QED) is 0.517. The number of allylic oxidation sites excluding steroid dienone is 2. The van der Waals surface area contributed by atoms with Gasteiger partial charge in [0.15, 0.2) is 0 Å². The highest BCUT2D eigenvalue weighted by molar-refractivity contribution is 5.53. The molecule has 1 aliphatic carbocycles. The van der Waals surface area contributed by atoms with E-state index in [4.69, 9.17) is 0 Å². The molecule has 0 aromatic heterocycles. The summed E-state index contributed by atoms with van der Waals surface area (Å²) in [6, 6.07) is 0. The van der Waals surface area contributed by atoms with Crippen LogP contribution in [0.3, 0.4) is 0 Å². The van der Waals surface area contributed by atoms with Crippen LogP contribution in [0.5, 0.6) is 0 Å². The predicted octanol–water partition coefficient (Wildman–Crippen LogP) is 4.09. The SMILES string of the molecule is CC(C)C1CC=C(C[C@@H](C)C=O)C(C)C1C. The third-order valence-electron chi connectivity index (χ3n) is 4.35. The summed E-state index contributed by atoms with van der Waals surface area (Å²) in [6.45, 7) is 11.3. The number of aldehydes is 1. The van der Waals surface area contributed by atoms with E-state index in [1.54, 1.807) is 0 Å². The summed E-state index contributed by atoms with van der Waals surface area (Å²) in [5.41, 5.74) is 1.50. The van der Waals surface area contributed by atoms with E-state index >= 15 is 0 Å². The third kappa shape index (κ3) is 2.96. The summed E-state index contributed by atoms with van der Waals surface area (Å²) in [6.07, 6.45) is 5.63. The van der Waals surface area contributed by atoms with Crippen LogP contribution < -0.4 is 0 Å². The monoisotopic (exact) mass is 222 g/mol. The van der Waals surface area contributed by atoms with Gasteiger partial charge in [0.25, 0.3) is 0 Å². The molecular formula is C15H26O. The predicted molar refractivity (Wildman–Crippen MR) is 69.2 cm³/mol. The van der Waals surface area contributed by atoms with E-state index < -0.39 is 0 Å². The normalized spacial score (nSPS) is 32.4. The van der Waals surface area contributed by atoms with Crippen LogP contribution in [0.4, 0.5) is 0 Å². The van der Waals surface area contributed by atoms with Crippen molar-refractivity contribution in [2.75, 3.05) is 0 Å². The van der Waals surface area contributed by atoms with Crippen LogP contribution in [0.25, 0.3) is 0 Å². The Balaban J connectivity index is 2.72. The molecular weight excluding hydrogens is 196 g/mol. The molecule has 1 rings (SSSR count). The van der Waals surface area contributed by atoms with Crippen LogP contribution in [0, 0.1) is 29.6 Å². The van der Waals surface area contributed by atoms with Gasteiger partial charge in [-0.1, -0.05) is 46.3 Å². The highest BCUT2D eigenvalue weighted by Crippen LogP contribution is 2.40. The van der Waals surface area contributed by atoms with Crippen molar-refractivity contribution < 1.29 is 4.79 Å². The minimum Gasteiger partial charge on any atom is -0.303 e. The maximum absolute atomic E-state index is 10.7. The van der Waals surface area contributed by atoms with Gasteiger partial charge in [-0.2, -0.15) is 0 Å². The van der Waals surface area contributed by atoms with Crippen molar-refractivity contribution in [2.45, 2.75) is 47.5 Å². The van der Waals surface area contributed by atoms with Gasteiger partial charge in [-0.15, -0.1) is 0 Å². The van der Waals surface area contributed by atoms with Gasteiger partial charge in [0.05, 0.1) is 0 Å². The molecule has 0 aliphatic heterocycles. The summed E-state index contributed by atoms with van der Waals surface area (Å²) < 4.78 is 0. The average molecular weight is 222 g/mol. The van der Waals surface area contributed by atoms with Gasteiger partial charge >= 0.3 is 0 Å². The number of rotatable bonds is 4. The van der Waals surface area contributed by atoms with E-state index in [0.29, 0.717) is 5.92 Å². The van der Waals surface area contributed by atoms with Crippen molar-refractivity contribution in [2.24, 2.45) is 29.6 Å². The molecule has 0 radical (unpaired) electrons. The molecule has 0 saturated carbocycles. The number of carbonyl (C=O) groups excluding carboxylic acids is 1. The Morgan fingerprint density at radius 1 is 1.38 bits per heavy atom. The number of hydrogen-bond acceptors (Lipinski definition) is 1. The van der Waals surface area contributed by atoms with E-state index in [1.165, 1.54) is 12.0 Å². The smallest absolute Gasteiger partial charge is 0.123 e. The largest absolute Gasteiger partial charge is 0.303 e. The molecule has 0 heterocycles. The Labute approximate surface area is 100 Å². The standard InChI is InChI=1S/C15H26O/c1-10(2)15-7-6-14(8-11(3)9-16)12(4)13(15)5/h6,9-13,15H,7-8H2,1-5H3/t11-,12?,13?,15?/m1/s1. The van der Waals surface area contributed by atoms with E-state index in [2.05, 4.69) is 33.8 Å². The number of carbonyl (C=O) groups is 1. The van der Waals surface area contributed by atoms with Gasteiger partial charge in [-0.05, 0) is 36.5 Å². The van der Waals surface area contributed by atoms with Crippen molar-refractivity contribution in [3.8, 4) is 0 Å². The molecule has 4 atom stereocenters. The minimum absolute atomic E-state index is 0.177. The second-order valence-electron chi connectivity index (χ2n) is 5.89. The van der Waals surface area contributed by atoms with Gasteiger partial charge in [0.1, 0.15) is 6.29 Å². The lowest BCUT2D eigenvalue weighted by molar-refractivity contribution is -0.110. The van der Waals surface area contributed by atoms with Crippen LogP contribution in [0.1, 0.15) is 47.5 Å². The zero-order valence-electron chi connectivity index (χ0n) is 11.4. The van der Waals surface area contributed by atoms with E-state index in [1.807, 2.05) is 6.92 Å². The summed E-state index contributed by atoms with van der Waals surface area (Å²) in [5.74, 6) is 3.14. The molecule has 1 aliphatic rings. The molecule has 0 aromatic rings. The lowest BCUT2D eigenvalue weighted by Gasteiger charge is -2.37. The first kappa shape index (κ1) is 13.5. The molecule has 0 fully saturated rings. The molecule has 92 valence electrons. The lowest BCUT2D eigenvalue weighted by Crippen LogP contribution is -2.28. The average Bonchev–Trinajstić information content (AvgIpc) is 2.24. The molecule has 1 heteroatoms. The molecule has 0 saturated heterocycles. The van der Waals surface area contributed by atoms with Crippen LogP contribution >= 0.6 is 0 Å². The second kappa shape index (κ2) is 5.65. The molecule has 0 bridgehead atoms. The first-order chi connectivity index (χ1) is 7.47. The van der Waals surface area contributed by atoms with E-state index in [9.17, 15) is 4.79 Å². The fraction of sp³-hybridized carbons (Fsp3) is 0.800. The van der Waals surface area contributed by atoms with Gasteiger partial charge in [-0.25, -0.2) is 0 Å². The summed E-state index contributed by atoms with van der Waals surface area (Å²) in [5, 5.41) is 0. The Hall–Kier alpha value is -0.590. The zero-order valence-corrected chi connectivity index (χ0v) is 11.4. The molecule has 3 unspecified atom stereocenters. The first-order valence-electron chi connectivity index (χ1n) is 6.61.